The van der Waals surface area contributed by atoms with Crippen LogP contribution in [-0.4, -0.2) is 36.3 Å². The van der Waals surface area contributed by atoms with Crippen LogP contribution in [0.2, 0.25) is 0 Å². The number of carbonyl (C=O) groups is 1. The van der Waals surface area contributed by atoms with Crippen molar-refractivity contribution >= 4 is 11.9 Å². The molecule has 1 N–H and O–H groups in total. The zero-order valence-electron chi connectivity index (χ0n) is 17.0. The highest BCUT2D eigenvalue weighted by Crippen LogP contribution is 2.27. The summed E-state index contributed by atoms with van der Waals surface area (Å²) >= 11 is 0. The average Bonchev–Trinajstić information content (AvgIpc) is 3.30. The van der Waals surface area contributed by atoms with Gasteiger partial charge < -0.3 is 19.4 Å². The van der Waals surface area contributed by atoms with Crippen LogP contribution in [0.4, 0.5) is 14.8 Å². The number of nitrogens with zero attached hydrogens (tertiary/aromatic N) is 3. The number of methoxy groups -OCH3 is 1. The van der Waals surface area contributed by atoms with Crippen LogP contribution in [0.1, 0.15) is 18.4 Å². The first-order valence-corrected chi connectivity index (χ1v) is 9.98. The first kappa shape index (κ1) is 20.8. The largest absolute Gasteiger partial charge is 0.497 e. The zero-order valence-corrected chi connectivity index (χ0v) is 17.0. The Morgan fingerprint density at radius 1 is 1.16 bits per heavy atom. The van der Waals surface area contributed by atoms with Crippen LogP contribution in [0.25, 0.3) is 11.5 Å². The molecule has 1 amide bonds. The lowest BCUT2D eigenvalue weighted by Gasteiger charge is -2.29. The summed E-state index contributed by atoms with van der Waals surface area (Å²) in [7, 11) is 1.60. The molecule has 0 radical (unpaired) electrons. The Morgan fingerprint density at radius 3 is 2.61 bits per heavy atom. The number of halogens is 2. The van der Waals surface area contributed by atoms with Gasteiger partial charge in [0, 0.05) is 36.7 Å². The molecule has 1 fully saturated rings. The quantitative estimate of drug-likeness (QED) is 0.647. The number of hydrogen-bond donors (Lipinski definition) is 1. The third kappa shape index (κ3) is 4.82. The van der Waals surface area contributed by atoms with Gasteiger partial charge in [-0.15, -0.1) is 5.10 Å². The molecule has 3 aromatic rings. The number of rotatable bonds is 6. The maximum absolute atomic E-state index is 13.7. The van der Waals surface area contributed by atoms with Crippen LogP contribution in [0.3, 0.4) is 0 Å². The highest BCUT2D eigenvalue weighted by molar-refractivity contribution is 5.79. The molecule has 2 heterocycles. The van der Waals surface area contributed by atoms with Gasteiger partial charge in [-0.1, -0.05) is 5.10 Å². The highest BCUT2D eigenvalue weighted by atomic mass is 19.1. The lowest BCUT2D eigenvalue weighted by atomic mass is 9.96. The van der Waals surface area contributed by atoms with Crippen LogP contribution in [-0.2, 0) is 11.3 Å². The summed E-state index contributed by atoms with van der Waals surface area (Å²) in [5.74, 6) is -0.309. The Balaban J connectivity index is 1.30. The molecular weight excluding hydrogens is 406 g/mol. The Kier molecular flexibility index (Phi) is 6.11. The summed E-state index contributed by atoms with van der Waals surface area (Å²) in [6, 6.07) is 10.9. The number of nitrogens with one attached hydrogen (secondary N) is 1. The van der Waals surface area contributed by atoms with E-state index in [1.54, 1.807) is 7.11 Å². The van der Waals surface area contributed by atoms with Gasteiger partial charge in [-0.2, -0.15) is 0 Å². The lowest BCUT2D eigenvalue weighted by Crippen LogP contribution is -2.40. The van der Waals surface area contributed by atoms with Crippen LogP contribution in [0.5, 0.6) is 5.75 Å². The van der Waals surface area contributed by atoms with Gasteiger partial charge in [-0.3, -0.25) is 4.79 Å². The maximum Gasteiger partial charge on any atom is 0.318 e. The highest BCUT2D eigenvalue weighted by Gasteiger charge is 2.27. The SMILES string of the molecule is COc1ccc(-c2nnc(N3CCC(C(=O)NCc4cc(F)ccc4F)CC3)o2)cc1. The Bertz CT molecular complexity index is 1050. The van der Waals surface area contributed by atoms with E-state index in [9.17, 15) is 13.6 Å². The van der Waals surface area contributed by atoms with Crippen molar-refractivity contribution in [3.63, 3.8) is 0 Å². The number of carbonyl (C=O) groups excluding carboxylic acids is 1. The van der Waals surface area contributed by atoms with Gasteiger partial charge in [0.1, 0.15) is 17.4 Å². The normalized spacial score (nSPS) is 14.5. The minimum atomic E-state index is -0.541. The van der Waals surface area contributed by atoms with Crippen molar-refractivity contribution in [1.29, 1.82) is 0 Å². The van der Waals surface area contributed by atoms with Crippen LogP contribution in [0.15, 0.2) is 46.9 Å². The van der Waals surface area contributed by atoms with Crippen molar-refractivity contribution in [3.8, 4) is 17.2 Å². The van der Waals surface area contributed by atoms with E-state index < -0.39 is 11.6 Å². The lowest BCUT2D eigenvalue weighted by molar-refractivity contribution is -0.125. The van der Waals surface area contributed by atoms with E-state index in [4.69, 9.17) is 9.15 Å². The summed E-state index contributed by atoms with van der Waals surface area (Å²) in [6.45, 7) is 1.12. The van der Waals surface area contributed by atoms with Gasteiger partial charge in [-0.25, -0.2) is 8.78 Å². The first-order valence-electron chi connectivity index (χ1n) is 9.98. The maximum atomic E-state index is 13.7. The van der Waals surface area contributed by atoms with E-state index in [-0.39, 0.29) is 23.9 Å². The minimum Gasteiger partial charge on any atom is -0.497 e. The molecule has 1 saturated heterocycles. The topological polar surface area (TPSA) is 80.5 Å². The third-order valence-corrected chi connectivity index (χ3v) is 5.35. The van der Waals surface area contributed by atoms with Crippen molar-refractivity contribution in [1.82, 2.24) is 15.5 Å². The monoisotopic (exact) mass is 428 g/mol. The number of ether oxygens (including phenoxy) is 1. The molecule has 162 valence electrons. The van der Waals surface area contributed by atoms with Crippen molar-refractivity contribution in [2.75, 3.05) is 25.1 Å². The molecule has 0 saturated carbocycles. The third-order valence-electron chi connectivity index (χ3n) is 5.35. The van der Waals surface area contributed by atoms with Crippen molar-refractivity contribution in [2.24, 2.45) is 5.92 Å². The molecule has 4 rings (SSSR count). The number of anilines is 1. The van der Waals surface area contributed by atoms with Crippen LogP contribution >= 0.6 is 0 Å². The van der Waals surface area contributed by atoms with Gasteiger partial charge in [0.25, 0.3) is 0 Å². The van der Waals surface area contributed by atoms with E-state index in [1.165, 1.54) is 0 Å². The fourth-order valence-corrected chi connectivity index (χ4v) is 3.53. The predicted molar refractivity (Wildman–Crippen MR) is 109 cm³/mol. The molecule has 2 aromatic carbocycles. The van der Waals surface area contributed by atoms with Crippen LogP contribution in [0, 0.1) is 17.6 Å². The van der Waals surface area contributed by atoms with E-state index in [0.717, 1.165) is 29.5 Å². The Hall–Kier alpha value is -3.49. The standard InChI is InChI=1S/C22H22F2N4O3/c1-30-18-5-2-15(3-6-18)21-26-27-22(31-21)28-10-8-14(9-11-28)20(29)25-13-16-12-17(23)4-7-19(16)24/h2-7,12,14H,8-11,13H2,1H3,(H,25,29). The van der Waals surface area contributed by atoms with E-state index >= 15 is 0 Å². The van der Waals surface area contributed by atoms with E-state index in [0.29, 0.717) is 37.8 Å². The Morgan fingerprint density at radius 2 is 1.90 bits per heavy atom. The molecule has 9 heteroatoms. The molecule has 1 aromatic heterocycles. The number of hydrogen-bond acceptors (Lipinski definition) is 6. The molecule has 31 heavy (non-hydrogen) atoms. The smallest absolute Gasteiger partial charge is 0.318 e. The predicted octanol–water partition coefficient (Wildman–Crippen LogP) is 3.56. The summed E-state index contributed by atoms with van der Waals surface area (Å²) in [5, 5.41) is 10.9. The van der Waals surface area contributed by atoms with Gasteiger partial charge in [0.05, 0.1) is 7.11 Å². The molecule has 1 aliphatic rings. The molecule has 0 unspecified atom stereocenters. The van der Waals surface area contributed by atoms with E-state index in [1.807, 2.05) is 29.2 Å². The molecule has 7 nitrogen and oxygen atoms in total. The average molecular weight is 428 g/mol. The number of aromatic nitrogens is 2. The summed E-state index contributed by atoms with van der Waals surface area (Å²) in [4.78, 5) is 14.4. The fraction of sp³-hybridized carbons (Fsp3) is 0.318. The first-order chi connectivity index (χ1) is 15.0. The minimum absolute atomic E-state index is 0.0441. The fourth-order valence-electron chi connectivity index (χ4n) is 3.53. The number of benzene rings is 2. The molecule has 1 aliphatic heterocycles. The molecule has 0 aliphatic carbocycles. The molecule has 0 atom stereocenters. The summed E-state index contributed by atoms with van der Waals surface area (Å²) in [6.07, 6.45) is 1.19. The van der Waals surface area contributed by atoms with Crippen molar-refractivity contribution < 1.29 is 22.7 Å². The number of amides is 1. The van der Waals surface area contributed by atoms with Gasteiger partial charge in [0.15, 0.2) is 0 Å². The van der Waals surface area contributed by atoms with Crippen LogP contribution < -0.4 is 15.0 Å². The second-order valence-corrected chi connectivity index (χ2v) is 7.33. The second kappa shape index (κ2) is 9.11. The Labute approximate surface area is 178 Å². The van der Waals surface area contributed by atoms with E-state index in [2.05, 4.69) is 15.5 Å². The number of piperidine rings is 1. The van der Waals surface area contributed by atoms with Gasteiger partial charge in [0.2, 0.25) is 11.8 Å². The molecule has 0 spiro atoms. The van der Waals surface area contributed by atoms with Gasteiger partial charge >= 0.3 is 6.01 Å². The second-order valence-electron chi connectivity index (χ2n) is 7.33. The summed E-state index contributed by atoms with van der Waals surface area (Å²) < 4.78 is 37.9. The summed E-state index contributed by atoms with van der Waals surface area (Å²) in [5.41, 5.74) is 0.918. The van der Waals surface area contributed by atoms with Crippen molar-refractivity contribution in [3.05, 3.63) is 59.7 Å². The van der Waals surface area contributed by atoms with Crippen molar-refractivity contribution in [2.45, 2.75) is 19.4 Å². The zero-order chi connectivity index (χ0) is 21.8. The molecular formula is C22H22F2N4O3. The van der Waals surface area contributed by atoms with Gasteiger partial charge in [-0.05, 0) is 55.3 Å². The molecule has 0 bridgehead atoms.